The zero-order valence-electron chi connectivity index (χ0n) is 12.3. The molecule has 0 spiro atoms. The van der Waals surface area contributed by atoms with Crippen molar-refractivity contribution in [3.8, 4) is 0 Å². The summed E-state index contributed by atoms with van der Waals surface area (Å²) < 4.78 is 1.96. The minimum Gasteiger partial charge on any atom is -0.395 e. The van der Waals surface area contributed by atoms with Crippen molar-refractivity contribution in [1.29, 1.82) is 0 Å². The molecule has 0 atom stereocenters. The van der Waals surface area contributed by atoms with Crippen molar-refractivity contribution in [2.24, 2.45) is 7.05 Å². The van der Waals surface area contributed by atoms with E-state index in [0.717, 1.165) is 38.9 Å². The number of aliphatic hydroxyl groups excluding tert-OH is 1. The highest BCUT2D eigenvalue weighted by Gasteiger charge is 2.18. The summed E-state index contributed by atoms with van der Waals surface area (Å²) in [7, 11) is 3.80. The molecule has 0 aliphatic rings. The number of aryl methyl sites for hydroxylation is 1. The van der Waals surface area contributed by atoms with Crippen LogP contribution in [0.15, 0.2) is 6.33 Å². The van der Waals surface area contributed by atoms with Gasteiger partial charge in [0.2, 0.25) is 0 Å². The predicted octanol–water partition coefficient (Wildman–Crippen LogP) is 1.44. The Labute approximate surface area is 126 Å². The van der Waals surface area contributed by atoms with Gasteiger partial charge in [-0.15, -0.1) is 0 Å². The molecule has 3 rings (SSSR count). The smallest absolute Gasteiger partial charge is 0.188 e. The number of aromatic nitrogens is 4. The summed E-state index contributed by atoms with van der Waals surface area (Å²) >= 11 is 1.54. The second kappa shape index (κ2) is 5.45. The number of fused-ring (bicyclic) bond motifs is 3. The van der Waals surface area contributed by atoms with Gasteiger partial charge in [0.1, 0.15) is 21.4 Å². The van der Waals surface area contributed by atoms with Gasteiger partial charge in [0.15, 0.2) is 10.9 Å². The van der Waals surface area contributed by atoms with Gasteiger partial charge >= 0.3 is 0 Å². The lowest BCUT2D eigenvalue weighted by molar-refractivity contribution is 0.302. The molecule has 0 aromatic carbocycles. The topological polar surface area (TPSA) is 79.1 Å². The number of nitrogens with zero attached hydrogens (tertiary/aromatic N) is 5. The van der Waals surface area contributed by atoms with Crippen molar-refractivity contribution < 1.29 is 5.11 Å². The predicted molar refractivity (Wildman–Crippen MR) is 86.2 cm³/mol. The molecule has 0 fully saturated rings. The SMILES string of the molecule is CCN(CCO)c1nc2c(nc(NC)c3ncn(C)c32)s1. The monoisotopic (exact) mass is 306 g/mol. The van der Waals surface area contributed by atoms with Gasteiger partial charge in [-0.25, -0.2) is 15.0 Å². The van der Waals surface area contributed by atoms with Gasteiger partial charge < -0.3 is 19.9 Å². The lowest BCUT2D eigenvalue weighted by Crippen LogP contribution is -2.25. The number of rotatable bonds is 5. The van der Waals surface area contributed by atoms with Crippen LogP contribution in [0, 0.1) is 0 Å². The Morgan fingerprint density at radius 2 is 2.19 bits per heavy atom. The van der Waals surface area contributed by atoms with Gasteiger partial charge in [-0.1, -0.05) is 11.3 Å². The molecule has 0 aliphatic carbocycles. The Balaban J connectivity index is 2.25. The van der Waals surface area contributed by atoms with Crippen LogP contribution in [0.3, 0.4) is 0 Å². The molecule has 3 aromatic heterocycles. The van der Waals surface area contributed by atoms with Crippen molar-refractivity contribution in [1.82, 2.24) is 19.5 Å². The third-order valence-electron chi connectivity index (χ3n) is 3.46. The van der Waals surface area contributed by atoms with Crippen molar-refractivity contribution in [3.63, 3.8) is 0 Å². The first-order chi connectivity index (χ1) is 10.2. The van der Waals surface area contributed by atoms with Gasteiger partial charge in [0, 0.05) is 27.2 Å². The van der Waals surface area contributed by atoms with Crippen LogP contribution in [-0.2, 0) is 7.05 Å². The molecule has 0 radical (unpaired) electrons. The van der Waals surface area contributed by atoms with Crippen LogP contribution >= 0.6 is 11.3 Å². The van der Waals surface area contributed by atoms with E-state index >= 15 is 0 Å². The molecular weight excluding hydrogens is 288 g/mol. The van der Waals surface area contributed by atoms with E-state index in [1.54, 1.807) is 6.33 Å². The molecule has 112 valence electrons. The van der Waals surface area contributed by atoms with E-state index in [4.69, 9.17) is 10.1 Å². The van der Waals surface area contributed by atoms with Gasteiger partial charge in [-0.2, -0.15) is 0 Å². The average Bonchev–Trinajstić information content (AvgIpc) is 3.07. The maximum absolute atomic E-state index is 9.16. The number of nitrogens with one attached hydrogen (secondary N) is 1. The first-order valence-corrected chi connectivity index (χ1v) is 7.66. The highest BCUT2D eigenvalue weighted by molar-refractivity contribution is 7.22. The Morgan fingerprint density at radius 1 is 1.38 bits per heavy atom. The van der Waals surface area contributed by atoms with E-state index in [9.17, 15) is 0 Å². The Bertz CT molecular complexity index is 780. The fourth-order valence-electron chi connectivity index (χ4n) is 2.39. The Morgan fingerprint density at radius 3 is 2.86 bits per heavy atom. The van der Waals surface area contributed by atoms with Crippen molar-refractivity contribution in [2.45, 2.75) is 6.92 Å². The van der Waals surface area contributed by atoms with Gasteiger partial charge in [0.25, 0.3) is 0 Å². The van der Waals surface area contributed by atoms with E-state index in [0.29, 0.717) is 6.54 Å². The summed E-state index contributed by atoms with van der Waals surface area (Å²) in [6.07, 6.45) is 1.77. The number of anilines is 2. The minimum absolute atomic E-state index is 0.111. The summed E-state index contributed by atoms with van der Waals surface area (Å²) in [5.74, 6) is 0.763. The van der Waals surface area contributed by atoms with E-state index in [-0.39, 0.29) is 6.61 Å². The van der Waals surface area contributed by atoms with Crippen LogP contribution in [0.4, 0.5) is 10.9 Å². The Kier molecular flexibility index (Phi) is 3.64. The zero-order valence-corrected chi connectivity index (χ0v) is 13.1. The highest BCUT2D eigenvalue weighted by Crippen LogP contribution is 2.34. The van der Waals surface area contributed by atoms with Crippen LogP contribution in [0.1, 0.15) is 6.92 Å². The molecule has 0 saturated carbocycles. The largest absolute Gasteiger partial charge is 0.395 e. The lowest BCUT2D eigenvalue weighted by Gasteiger charge is -2.17. The molecule has 3 aromatic rings. The zero-order chi connectivity index (χ0) is 15.0. The Hall–Kier alpha value is -1.93. The van der Waals surface area contributed by atoms with E-state index < -0.39 is 0 Å². The quantitative estimate of drug-likeness (QED) is 0.742. The molecule has 2 N–H and O–H groups in total. The van der Waals surface area contributed by atoms with Crippen LogP contribution in [0.2, 0.25) is 0 Å². The second-order valence-electron chi connectivity index (χ2n) is 4.72. The number of likely N-dealkylation sites (N-methyl/N-ethyl adjacent to an activating group) is 1. The molecule has 8 heteroatoms. The molecule has 7 nitrogen and oxygen atoms in total. The van der Waals surface area contributed by atoms with Crippen molar-refractivity contribution in [2.75, 3.05) is 37.0 Å². The van der Waals surface area contributed by atoms with Crippen LogP contribution < -0.4 is 10.2 Å². The maximum atomic E-state index is 9.16. The molecule has 3 heterocycles. The summed E-state index contributed by atoms with van der Waals surface area (Å²) in [5.41, 5.74) is 2.67. The third kappa shape index (κ3) is 2.20. The molecule has 0 aliphatic heterocycles. The summed E-state index contributed by atoms with van der Waals surface area (Å²) in [6.45, 7) is 3.53. The van der Waals surface area contributed by atoms with Crippen LogP contribution in [0.25, 0.3) is 21.4 Å². The number of thiazole rings is 1. The fraction of sp³-hybridized carbons (Fsp3) is 0.462. The average molecular weight is 306 g/mol. The number of hydrogen-bond donors (Lipinski definition) is 2. The van der Waals surface area contributed by atoms with Gasteiger partial charge in [-0.05, 0) is 6.92 Å². The van der Waals surface area contributed by atoms with Crippen molar-refractivity contribution in [3.05, 3.63) is 6.33 Å². The summed E-state index contributed by atoms with van der Waals surface area (Å²) in [4.78, 5) is 16.7. The van der Waals surface area contributed by atoms with E-state index in [2.05, 4.69) is 15.3 Å². The van der Waals surface area contributed by atoms with Crippen LogP contribution in [-0.4, -0.2) is 51.4 Å². The van der Waals surface area contributed by atoms with E-state index in [1.807, 2.05) is 30.5 Å². The van der Waals surface area contributed by atoms with Gasteiger partial charge in [0.05, 0.1) is 12.9 Å². The minimum atomic E-state index is 0.111. The second-order valence-corrected chi connectivity index (χ2v) is 5.67. The maximum Gasteiger partial charge on any atom is 0.188 e. The van der Waals surface area contributed by atoms with Gasteiger partial charge in [-0.3, -0.25) is 0 Å². The molecule has 0 unspecified atom stereocenters. The molecule has 0 amide bonds. The standard InChI is InChI=1S/C13H18N6OS/c1-4-19(5-6-20)13-16-9-10-8(15-7-18(10)3)11(14-2)17-12(9)21-13/h7,20H,4-6H2,1-3H3,(H,14,17). The first kappa shape index (κ1) is 14.0. The first-order valence-electron chi connectivity index (χ1n) is 6.84. The third-order valence-corrected chi connectivity index (χ3v) is 4.47. The molecule has 0 bridgehead atoms. The summed E-state index contributed by atoms with van der Waals surface area (Å²) in [6, 6.07) is 0. The molecular formula is C13H18N6OS. The number of pyridine rings is 1. The number of hydrogen-bond acceptors (Lipinski definition) is 7. The van der Waals surface area contributed by atoms with Crippen LogP contribution in [0.5, 0.6) is 0 Å². The fourth-order valence-corrected chi connectivity index (χ4v) is 3.42. The highest BCUT2D eigenvalue weighted by atomic mass is 32.1. The summed E-state index contributed by atoms with van der Waals surface area (Å²) in [5, 5.41) is 13.1. The molecule has 21 heavy (non-hydrogen) atoms. The van der Waals surface area contributed by atoms with E-state index in [1.165, 1.54) is 11.3 Å². The molecule has 0 saturated heterocycles. The normalized spacial score (nSPS) is 11.4. The lowest BCUT2D eigenvalue weighted by atomic mass is 10.3. The number of imidazole rings is 1. The number of aliphatic hydroxyl groups is 1. The van der Waals surface area contributed by atoms with Crippen molar-refractivity contribution >= 4 is 43.7 Å².